The van der Waals surface area contributed by atoms with Crippen molar-refractivity contribution in [2.45, 2.75) is 32.6 Å². The standard InChI is InChI=1S/C17H24N2O4/c1-13-7-10-18(11-8-13)9-3-4-16(20)14-5-6-15(19(21)22)17(12-14)23-2/h5-6,12-13H,3-4,7-11H2,1-2H3. The molecular formula is C17H24N2O4. The molecule has 0 amide bonds. The second kappa shape index (κ2) is 8.06. The molecule has 1 aliphatic rings. The molecule has 2 rings (SSSR count). The summed E-state index contributed by atoms with van der Waals surface area (Å²) in [7, 11) is 1.37. The molecule has 0 aliphatic carbocycles. The van der Waals surface area contributed by atoms with E-state index >= 15 is 0 Å². The summed E-state index contributed by atoms with van der Waals surface area (Å²) in [6.45, 7) is 5.44. The van der Waals surface area contributed by atoms with Crippen LogP contribution in [-0.4, -0.2) is 42.4 Å². The summed E-state index contributed by atoms with van der Waals surface area (Å²) in [6.07, 6.45) is 3.72. The van der Waals surface area contributed by atoms with Gasteiger partial charge in [-0.05, 0) is 56.9 Å². The number of hydrogen-bond donors (Lipinski definition) is 0. The van der Waals surface area contributed by atoms with Gasteiger partial charge in [0.15, 0.2) is 11.5 Å². The Kier molecular flexibility index (Phi) is 6.10. The number of likely N-dealkylation sites (tertiary alicyclic amines) is 1. The molecule has 1 aromatic rings. The Morgan fingerprint density at radius 3 is 2.70 bits per heavy atom. The van der Waals surface area contributed by atoms with E-state index in [1.807, 2.05) is 0 Å². The number of rotatable bonds is 7. The Morgan fingerprint density at radius 2 is 2.09 bits per heavy atom. The molecule has 0 radical (unpaired) electrons. The van der Waals surface area contributed by atoms with E-state index in [9.17, 15) is 14.9 Å². The topological polar surface area (TPSA) is 72.7 Å². The van der Waals surface area contributed by atoms with Gasteiger partial charge in [0.25, 0.3) is 0 Å². The molecule has 23 heavy (non-hydrogen) atoms. The quantitative estimate of drug-likeness (QED) is 0.438. The normalized spacial score (nSPS) is 16.3. The SMILES string of the molecule is COc1cc(C(=O)CCCN2CCC(C)CC2)ccc1[N+](=O)[O-]. The van der Waals surface area contributed by atoms with Gasteiger partial charge in [-0.25, -0.2) is 0 Å². The summed E-state index contributed by atoms with van der Waals surface area (Å²) in [6, 6.07) is 4.30. The van der Waals surface area contributed by atoms with Crippen LogP contribution in [0, 0.1) is 16.0 Å². The van der Waals surface area contributed by atoms with Crippen LogP contribution in [0.2, 0.25) is 0 Å². The second-order valence-corrected chi connectivity index (χ2v) is 6.19. The predicted molar refractivity (Wildman–Crippen MR) is 88.1 cm³/mol. The zero-order chi connectivity index (χ0) is 16.8. The number of carbonyl (C=O) groups is 1. The highest BCUT2D eigenvalue weighted by Crippen LogP contribution is 2.28. The predicted octanol–water partition coefficient (Wildman–Crippen LogP) is 3.30. The minimum Gasteiger partial charge on any atom is -0.490 e. The second-order valence-electron chi connectivity index (χ2n) is 6.19. The monoisotopic (exact) mass is 320 g/mol. The third kappa shape index (κ3) is 4.76. The van der Waals surface area contributed by atoms with Gasteiger partial charge in [0, 0.05) is 18.1 Å². The number of methoxy groups -OCH3 is 1. The molecule has 1 fully saturated rings. The van der Waals surface area contributed by atoms with Gasteiger partial charge in [-0.2, -0.15) is 0 Å². The highest BCUT2D eigenvalue weighted by atomic mass is 16.6. The van der Waals surface area contributed by atoms with Gasteiger partial charge in [0.2, 0.25) is 0 Å². The van der Waals surface area contributed by atoms with Crippen molar-refractivity contribution in [2.75, 3.05) is 26.7 Å². The summed E-state index contributed by atoms with van der Waals surface area (Å²) in [4.78, 5) is 25.0. The lowest BCUT2D eigenvalue weighted by Gasteiger charge is -2.29. The Bertz CT molecular complexity index is 566. The molecule has 126 valence electrons. The number of carbonyl (C=O) groups excluding carboxylic acids is 1. The van der Waals surface area contributed by atoms with Crippen molar-refractivity contribution in [1.82, 2.24) is 4.90 Å². The van der Waals surface area contributed by atoms with Gasteiger partial charge in [-0.1, -0.05) is 6.92 Å². The zero-order valence-corrected chi connectivity index (χ0v) is 13.8. The molecule has 0 saturated carbocycles. The van der Waals surface area contributed by atoms with Crippen molar-refractivity contribution >= 4 is 11.5 Å². The summed E-state index contributed by atoms with van der Waals surface area (Å²) < 4.78 is 5.01. The van der Waals surface area contributed by atoms with Crippen molar-refractivity contribution in [2.24, 2.45) is 5.92 Å². The molecule has 0 aromatic heterocycles. The highest BCUT2D eigenvalue weighted by Gasteiger charge is 2.18. The van der Waals surface area contributed by atoms with Crippen molar-refractivity contribution in [3.05, 3.63) is 33.9 Å². The summed E-state index contributed by atoms with van der Waals surface area (Å²) in [5.74, 6) is 0.940. The average molecular weight is 320 g/mol. The largest absolute Gasteiger partial charge is 0.490 e. The molecule has 0 N–H and O–H groups in total. The van der Waals surface area contributed by atoms with E-state index in [2.05, 4.69) is 11.8 Å². The van der Waals surface area contributed by atoms with Crippen LogP contribution in [0.3, 0.4) is 0 Å². The van der Waals surface area contributed by atoms with Crippen LogP contribution in [0.5, 0.6) is 5.75 Å². The van der Waals surface area contributed by atoms with Crippen LogP contribution in [0.15, 0.2) is 18.2 Å². The van der Waals surface area contributed by atoms with Gasteiger partial charge in [-0.3, -0.25) is 14.9 Å². The lowest BCUT2D eigenvalue weighted by Crippen LogP contribution is -2.33. The fraction of sp³-hybridized carbons (Fsp3) is 0.588. The van der Waals surface area contributed by atoms with E-state index in [1.165, 1.54) is 38.2 Å². The minimum absolute atomic E-state index is 0.00331. The van der Waals surface area contributed by atoms with Crippen molar-refractivity contribution in [1.29, 1.82) is 0 Å². The first kappa shape index (κ1) is 17.4. The number of ketones is 1. The number of nitro groups is 1. The maximum absolute atomic E-state index is 12.2. The molecule has 1 aliphatic heterocycles. The lowest BCUT2D eigenvalue weighted by atomic mass is 9.99. The van der Waals surface area contributed by atoms with Crippen LogP contribution in [0.25, 0.3) is 0 Å². The average Bonchev–Trinajstić information content (AvgIpc) is 2.55. The van der Waals surface area contributed by atoms with Gasteiger partial charge >= 0.3 is 5.69 Å². The van der Waals surface area contributed by atoms with Gasteiger partial charge in [0.1, 0.15) is 0 Å². The summed E-state index contributed by atoms with van der Waals surface area (Å²) in [5, 5.41) is 10.9. The smallest absolute Gasteiger partial charge is 0.310 e. The molecule has 1 heterocycles. The first-order chi connectivity index (χ1) is 11.0. The zero-order valence-electron chi connectivity index (χ0n) is 13.8. The molecule has 6 nitrogen and oxygen atoms in total. The van der Waals surface area contributed by atoms with E-state index in [4.69, 9.17) is 4.74 Å². The fourth-order valence-corrected chi connectivity index (χ4v) is 2.90. The number of hydrogen-bond acceptors (Lipinski definition) is 5. The Morgan fingerprint density at radius 1 is 1.39 bits per heavy atom. The van der Waals surface area contributed by atoms with Crippen molar-refractivity contribution in [3.63, 3.8) is 0 Å². The molecular weight excluding hydrogens is 296 g/mol. The molecule has 0 bridgehead atoms. The number of benzene rings is 1. The van der Waals surface area contributed by atoms with Crippen molar-refractivity contribution < 1.29 is 14.5 Å². The van der Waals surface area contributed by atoms with Crippen LogP contribution >= 0.6 is 0 Å². The van der Waals surface area contributed by atoms with E-state index in [1.54, 1.807) is 0 Å². The van der Waals surface area contributed by atoms with Crippen LogP contribution in [-0.2, 0) is 0 Å². The van der Waals surface area contributed by atoms with Gasteiger partial charge in [0.05, 0.1) is 12.0 Å². The number of ether oxygens (including phenoxy) is 1. The Balaban J connectivity index is 1.87. The van der Waals surface area contributed by atoms with Crippen LogP contribution in [0.4, 0.5) is 5.69 Å². The van der Waals surface area contributed by atoms with E-state index < -0.39 is 4.92 Å². The van der Waals surface area contributed by atoms with E-state index in [-0.39, 0.29) is 17.2 Å². The Labute approximate surface area is 136 Å². The van der Waals surface area contributed by atoms with Crippen molar-refractivity contribution in [3.8, 4) is 5.75 Å². The number of nitro benzene ring substituents is 1. The first-order valence-electron chi connectivity index (χ1n) is 8.09. The molecule has 6 heteroatoms. The lowest BCUT2D eigenvalue weighted by molar-refractivity contribution is -0.385. The number of nitrogens with zero attached hydrogens (tertiary/aromatic N) is 2. The summed E-state index contributed by atoms with van der Waals surface area (Å²) >= 11 is 0. The minimum atomic E-state index is -0.509. The third-order valence-electron chi connectivity index (χ3n) is 4.45. The first-order valence-corrected chi connectivity index (χ1v) is 8.09. The van der Waals surface area contributed by atoms with Gasteiger partial charge in [-0.15, -0.1) is 0 Å². The Hall–Kier alpha value is -1.95. The maximum Gasteiger partial charge on any atom is 0.310 e. The molecule has 0 atom stereocenters. The number of Topliss-reactive ketones (excluding diaryl/α,β-unsaturated/α-hetero) is 1. The van der Waals surface area contributed by atoms with E-state index in [0.717, 1.165) is 32.0 Å². The summed E-state index contributed by atoms with van der Waals surface area (Å²) in [5.41, 5.74) is 0.353. The number of piperidine rings is 1. The molecule has 0 spiro atoms. The van der Waals surface area contributed by atoms with E-state index in [0.29, 0.717) is 12.0 Å². The molecule has 0 unspecified atom stereocenters. The van der Waals surface area contributed by atoms with Gasteiger partial charge < -0.3 is 9.64 Å². The van der Waals surface area contributed by atoms with Crippen LogP contribution in [0.1, 0.15) is 43.0 Å². The highest BCUT2D eigenvalue weighted by molar-refractivity contribution is 5.96. The molecule has 1 saturated heterocycles. The molecule has 1 aromatic carbocycles. The third-order valence-corrected chi connectivity index (χ3v) is 4.45. The fourth-order valence-electron chi connectivity index (χ4n) is 2.90. The maximum atomic E-state index is 12.2. The van der Waals surface area contributed by atoms with Crippen LogP contribution < -0.4 is 4.74 Å².